The molecule has 0 aliphatic carbocycles. The first-order chi connectivity index (χ1) is 8.15. The predicted molar refractivity (Wildman–Crippen MR) is 72.9 cm³/mol. The molecule has 0 rings (SSSR count). The molecule has 0 bridgehead atoms. The van der Waals surface area contributed by atoms with Gasteiger partial charge < -0.3 is 16.0 Å². The van der Waals surface area contributed by atoms with Gasteiger partial charge in [0.1, 0.15) is 0 Å². The summed E-state index contributed by atoms with van der Waals surface area (Å²) < 4.78 is 0. The molecule has 0 aromatic heterocycles. The van der Waals surface area contributed by atoms with E-state index in [4.69, 9.17) is 5.73 Å². The maximum Gasteiger partial charge on any atom is 0.222 e. The molecule has 0 aromatic rings. The van der Waals surface area contributed by atoms with Gasteiger partial charge in [0, 0.05) is 26.6 Å². The van der Waals surface area contributed by atoms with E-state index in [1.54, 1.807) is 0 Å². The van der Waals surface area contributed by atoms with Crippen molar-refractivity contribution >= 4 is 5.91 Å². The van der Waals surface area contributed by atoms with Crippen LogP contribution in [0.2, 0.25) is 0 Å². The van der Waals surface area contributed by atoms with Crippen molar-refractivity contribution in [2.24, 2.45) is 11.7 Å². The number of nitrogens with two attached hydrogens (primary N) is 1. The Bertz CT molecular complexity index is 191. The fourth-order valence-electron chi connectivity index (χ4n) is 2.00. The number of hydrogen-bond acceptors (Lipinski definition) is 3. The van der Waals surface area contributed by atoms with Crippen molar-refractivity contribution in [3.63, 3.8) is 0 Å². The van der Waals surface area contributed by atoms with E-state index >= 15 is 0 Å². The standard InChI is InChI=1S/C13H29N3O/c1-4-5-12(8-9-14)6-7-13(17)16(3)11-10-15-2/h12,15H,4-11,14H2,1-3H3. The van der Waals surface area contributed by atoms with Gasteiger partial charge in [0.15, 0.2) is 0 Å². The lowest BCUT2D eigenvalue weighted by atomic mass is 9.94. The zero-order valence-corrected chi connectivity index (χ0v) is 11.7. The van der Waals surface area contributed by atoms with Crippen LogP contribution in [0.3, 0.4) is 0 Å². The molecule has 0 radical (unpaired) electrons. The van der Waals surface area contributed by atoms with Gasteiger partial charge in [-0.15, -0.1) is 0 Å². The van der Waals surface area contributed by atoms with Gasteiger partial charge in [0.05, 0.1) is 0 Å². The summed E-state index contributed by atoms with van der Waals surface area (Å²) in [6, 6.07) is 0. The Morgan fingerprint density at radius 3 is 2.59 bits per heavy atom. The average molecular weight is 243 g/mol. The lowest BCUT2D eigenvalue weighted by Gasteiger charge is -2.19. The minimum atomic E-state index is 0.248. The first-order valence-electron chi connectivity index (χ1n) is 6.74. The Hall–Kier alpha value is -0.610. The monoisotopic (exact) mass is 243 g/mol. The highest BCUT2D eigenvalue weighted by Crippen LogP contribution is 2.17. The number of carbonyl (C=O) groups excluding carboxylic acids is 1. The Balaban J connectivity index is 3.85. The second-order valence-electron chi connectivity index (χ2n) is 4.69. The van der Waals surface area contributed by atoms with Gasteiger partial charge >= 0.3 is 0 Å². The van der Waals surface area contributed by atoms with E-state index in [0.717, 1.165) is 32.5 Å². The van der Waals surface area contributed by atoms with Crippen LogP contribution >= 0.6 is 0 Å². The van der Waals surface area contributed by atoms with Crippen molar-refractivity contribution in [2.45, 2.75) is 39.0 Å². The minimum Gasteiger partial charge on any atom is -0.344 e. The molecule has 3 N–H and O–H groups in total. The number of hydrogen-bond donors (Lipinski definition) is 2. The summed E-state index contributed by atoms with van der Waals surface area (Å²) in [7, 11) is 3.77. The quantitative estimate of drug-likeness (QED) is 0.606. The van der Waals surface area contributed by atoms with Crippen LogP contribution in [0, 0.1) is 5.92 Å². The number of amides is 1. The molecule has 1 unspecified atom stereocenters. The van der Waals surface area contributed by atoms with Gasteiger partial charge in [-0.1, -0.05) is 19.8 Å². The van der Waals surface area contributed by atoms with Crippen LogP contribution in [0.1, 0.15) is 39.0 Å². The molecular weight excluding hydrogens is 214 g/mol. The van der Waals surface area contributed by atoms with Crippen molar-refractivity contribution < 1.29 is 4.79 Å². The van der Waals surface area contributed by atoms with Gasteiger partial charge in [-0.3, -0.25) is 4.79 Å². The van der Waals surface area contributed by atoms with Crippen LogP contribution in [0.15, 0.2) is 0 Å². The Morgan fingerprint density at radius 1 is 1.35 bits per heavy atom. The topological polar surface area (TPSA) is 58.4 Å². The lowest BCUT2D eigenvalue weighted by Crippen LogP contribution is -2.32. The summed E-state index contributed by atoms with van der Waals surface area (Å²) in [6.45, 7) is 4.55. The molecule has 17 heavy (non-hydrogen) atoms. The van der Waals surface area contributed by atoms with Crippen LogP contribution in [0.5, 0.6) is 0 Å². The normalized spacial score (nSPS) is 12.5. The smallest absolute Gasteiger partial charge is 0.222 e. The predicted octanol–water partition coefficient (Wildman–Crippen LogP) is 1.21. The summed E-state index contributed by atoms with van der Waals surface area (Å²) >= 11 is 0. The molecule has 0 aromatic carbocycles. The fraction of sp³-hybridized carbons (Fsp3) is 0.923. The summed E-state index contributed by atoms with van der Waals surface area (Å²) in [5.41, 5.74) is 5.59. The summed E-state index contributed by atoms with van der Waals surface area (Å²) in [6.07, 6.45) is 5.04. The Kier molecular flexibility index (Phi) is 10.2. The van der Waals surface area contributed by atoms with Crippen LogP contribution in [0.25, 0.3) is 0 Å². The third kappa shape index (κ3) is 8.16. The molecular formula is C13H29N3O. The van der Waals surface area contributed by atoms with Gasteiger partial charge in [-0.05, 0) is 32.4 Å². The van der Waals surface area contributed by atoms with Gasteiger partial charge in [0.25, 0.3) is 0 Å². The Morgan fingerprint density at radius 2 is 2.06 bits per heavy atom. The molecule has 4 nitrogen and oxygen atoms in total. The molecule has 0 spiro atoms. The van der Waals surface area contributed by atoms with Crippen LogP contribution < -0.4 is 11.1 Å². The molecule has 0 aliphatic rings. The third-order valence-corrected chi connectivity index (χ3v) is 3.16. The van der Waals surface area contributed by atoms with E-state index < -0.39 is 0 Å². The zero-order valence-electron chi connectivity index (χ0n) is 11.7. The van der Waals surface area contributed by atoms with Crippen molar-refractivity contribution in [1.82, 2.24) is 10.2 Å². The molecule has 0 heterocycles. The number of rotatable bonds is 10. The van der Waals surface area contributed by atoms with Gasteiger partial charge in [-0.25, -0.2) is 0 Å². The van der Waals surface area contributed by atoms with E-state index in [2.05, 4.69) is 12.2 Å². The fourth-order valence-corrected chi connectivity index (χ4v) is 2.00. The van der Waals surface area contributed by atoms with E-state index in [1.165, 1.54) is 12.8 Å². The van der Waals surface area contributed by atoms with Gasteiger partial charge in [0.2, 0.25) is 5.91 Å². The number of likely N-dealkylation sites (N-methyl/N-ethyl adjacent to an activating group) is 2. The van der Waals surface area contributed by atoms with Crippen molar-refractivity contribution in [3.8, 4) is 0 Å². The molecule has 0 fully saturated rings. The maximum atomic E-state index is 11.8. The van der Waals surface area contributed by atoms with E-state index in [1.807, 2.05) is 19.0 Å². The molecule has 0 aliphatic heterocycles. The lowest BCUT2D eigenvalue weighted by molar-refractivity contribution is -0.130. The summed E-state index contributed by atoms with van der Waals surface area (Å²) in [5, 5.41) is 3.05. The zero-order chi connectivity index (χ0) is 13.1. The van der Waals surface area contributed by atoms with Crippen LogP contribution in [-0.4, -0.2) is 44.5 Å². The van der Waals surface area contributed by atoms with Crippen LogP contribution in [0.4, 0.5) is 0 Å². The maximum absolute atomic E-state index is 11.8. The Labute approximate surface area is 106 Å². The number of nitrogens with one attached hydrogen (secondary N) is 1. The molecule has 0 saturated carbocycles. The second kappa shape index (κ2) is 10.5. The average Bonchev–Trinajstić information content (AvgIpc) is 2.33. The van der Waals surface area contributed by atoms with Crippen molar-refractivity contribution in [3.05, 3.63) is 0 Å². The number of carbonyl (C=O) groups is 1. The van der Waals surface area contributed by atoms with Crippen LogP contribution in [-0.2, 0) is 4.79 Å². The molecule has 102 valence electrons. The van der Waals surface area contributed by atoms with Gasteiger partial charge in [-0.2, -0.15) is 0 Å². The first-order valence-corrected chi connectivity index (χ1v) is 6.74. The molecule has 1 atom stereocenters. The first kappa shape index (κ1) is 16.4. The second-order valence-corrected chi connectivity index (χ2v) is 4.69. The van der Waals surface area contributed by atoms with E-state index in [0.29, 0.717) is 12.3 Å². The van der Waals surface area contributed by atoms with E-state index in [9.17, 15) is 4.79 Å². The minimum absolute atomic E-state index is 0.248. The third-order valence-electron chi connectivity index (χ3n) is 3.16. The number of nitrogens with zero attached hydrogens (tertiary/aromatic N) is 1. The van der Waals surface area contributed by atoms with Crippen molar-refractivity contribution in [2.75, 3.05) is 33.7 Å². The largest absolute Gasteiger partial charge is 0.344 e. The molecule has 0 saturated heterocycles. The van der Waals surface area contributed by atoms with E-state index in [-0.39, 0.29) is 5.91 Å². The summed E-state index contributed by atoms with van der Waals surface area (Å²) in [4.78, 5) is 13.6. The summed E-state index contributed by atoms with van der Waals surface area (Å²) in [5.74, 6) is 0.866. The highest BCUT2D eigenvalue weighted by molar-refractivity contribution is 5.75. The molecule has 1 amide bonds. The molecule has 4 heteroatoms. The SMILES string of the molecule is CCCC(CCN)CCC(=O)N(C)CCNC. The van der Waals surface area contributed by atoms with Crippen molar-refractivity contribution in [1.29, 1.82) is 0 Å². The highest BCUT2D eigenvalue weighted by Gasteiger charge is 2.12. The highest BCUT2D eigenvalue weighted by atomic mass is 16.2.